The van der Waals surface area contributed by atoms with E-state index in [0.717, 1.165) is 0 Å². The summed E-state index contributed by atoms with van der Waals surface area (Å²) in [7, 11) is 0. The second kappa shape index (κ2) is 6.63. The molecule has 0 saturated heterocycles. The normalized spacial score (nSPS) is 10.3. The van der Waals surface area contributed by atoms with E-state index in [1.807, 2.05) is 13.8 Å². The van der Waals surface area contributed by atoms with Gasteiger partial charge in [0.25, 0.3) is 5.91 Å². The molecule has 0 aliphatic rings. The molecule has 0 radical (unpaired) electrons. The third-order valence-corrected chi connectivity index (χ3v) is 2.33. The molecule has 1 aromatic carbocycles. The van der Waals surface area contributed by atoms with Gasteiger partial charge < -0.3 is 20.9 Å². The monoisotopic (exact) mass is 266 g/mol. The number of carboxylic acid groups (broad SMARTS) is 1. The fourth-order valence-electron chi connectivity index (χ4n) is 1.39. The Morgan fingerprint density at radius 2 is 2.11 bits per heavy atom. The van der Waals surface area contributed by atoms with Crippen LogP contribution in [0.25, 0.3) is 0 Å². The van der Waals surface area contributed by atoms with Crippen molar-refractivity contribution in [3.05, 3.63) is 23.8 Å². The Hall–Kier alpha value is -2.24. The summed E-state index contributed by atoms with van der Waals surface area (Å²) in [6.45, 7) is 4.22. The smallest absolute Gasteiger partial charge is 0.339 e. The molecule has 0 atom stereocenters. The molecule has 0 aliphatic heterocycles. The van der Waals surface area contributed by atoms with E-state index < -0.39 is 5.97 Å². The van der Waals surface area contributed by atoms with Crippen LogP contribution < -0.4 is 15.8 Å². The first kappa shape index (κ1) is 14.8. The highest BCUT2D eigenvalue weighted by atomic mass is 16.5. The number of nitrogens with one attached hydrogen (secondary N) is 1. The summed E-state index contributed by atoms with van der Waals surface area (Å²) in [6.07, 6.45) is 0. The molecule has 104 valence electrons. The van der Waals surface area contributed by atoms with Crippen molar-refractivity contribution in [2.75, 3.05) is 18.9 Å². The lowest BCUT2D eigenvalue weighted by atomic mass is 10.2. The second-order valence-electron chi connectivity index (χ2n) is 4.52. The number of carbonyl (C=O) groups excluding carboxylic acids is 1. The quantitative estimate of drug-likeness (QED) is 0.670. The van der Waals surface area contributed by atoms with Crippen molar-refractivity contribution in [3.8, 4) is 5.75 Å². The number of carboxylic acids is 1. The number of anilines is 1. The van der Waals surface area contributed by atoms with Crippen LogP contribution in [0.3, 0.4) is 0 Å². The lowest BCUT2D eigenvalue weighted by Crippen LogP contribution is -2.32. The van der Waals surface area contributed by atoms with Crippen LogP contribution in [0.4, 0.5) is 5.69 Å². The lowest BCUT2D eigenvalue weighted by Gasteiger charge is -2.12. The van der Waals surface area contributed by atoms with E-state index in [1.54, 1.807) is 0 Å². The minimum Gasteiger partial charge on any atom is -0.481 e. The number of nitrogens with two attached hydrogens (primary N) is 1. The number of nitrogen functional groups attached to an aromatic ring is 1. The standard InChI is InChI=1S/C13H18N2O4/c1-8(2)6-15-11(16)7-19-12-9(13(17)18)4-3-5-10(12)14/h3-5,8H,6-7,14H2,1-2H3,(H,15,16)(H,17,18). The van der Waals surface area contributed by atoms with Crippen molar-refractivity contribution in [2.45, 2.75) is 13.8 Å². The van der Waals surface area contributed by atoms with Gasteiger partial charge in [-0.15, -0.1) is 0 Å². The summed E-state index contributed by atoms with van der Waals surface area (Å²) in [5.74, 6) is -1.10. The van der Waals surface area contributed by atoms with Crippen LogP contribution in [0.1, 0.15) is 24.2 Å². The molecule has 0 bridgehead atoms. The van der Waals surface area contributed by atoms with Gasteiger partial charge in [-0.25, -0.2) is 4.79 Å². The molecule has 0 aromatic heterocycles. The van der Waals surface area contributed by atoms with Crippen molar-refractivity contribution >= 4 is 17.6 Å². The van der Waals surface area contributed by atoms with E-state index in [0.29, 0.717) is 12.5 Å². The number of rotatable bonds is 6. The molecule has 0 spiro atoms. The molecule has 4 N–H and O–H groups in total. The number of ether oxygens (including phenoxy) is 1. The highest BCUT2D eigenvalue weighted by molar-refractivity contribution is 5.93. The van der Waals surface area contributed by atoms with Crippen molar-refractivity contribution in [1.82, 2.24) is 5.32 Å². The summed E-state index contributed by atoms with van der Waals surface area (Å²) in [4.78, 5) is 22.5. The van der Waals surface area contributed by atoms with Gasteiger partial charge in [0.1, 0.15) is 5.56 Å². The largest absolute Gasteiger partial charge is 0.481 e. The van der Waals surface area contributed by atoms with Gasteiger partial charge in [0.15, 0.2) is 12.4 Å². The predicted octanol–water partition coefficient (Wildman–Crippen LogP) is 1.12. The molecule has 0 aliphatic carbocycles. The summed E-state index contributed by atoms with van der Waals surface area (Å²) < 4.78 is 5.21. The summed E-state index contributed by atoms with van der Waals surface area (Å²) in [6, 6.07) is 4.42. The second-order valence-corrected chi connectivity index (χ2v) is 4.52. The van der Waals surface area contributed by atoms with Gasteiger partial charge >= 0.3 is 5.97 Å². The van der Waals surface area contributed by atoms with Gasteiger partial charge in [-0.3, -0.25) is 4.79 Å². The minimum absolute atomic E-state index is 0.0229. The number of carbonyl (C=O) groups is 2. The van der Waals surface area contributed by atoms with Crippen molar-refractivity contribution in [3.63, 3.8) is 0 Å². The maximum Gasteiger partial charge on any atom is 0.339 e. The van der Waals surface area contributed by atoms with Crippen LogP contribution in [0.2, 0.25) is 0 Å². The Morgan fingerprint density at radius 3 is 2.68 bits per heavy atom. The van der Waals surface area contributed by atoms with Crippen LogP contribution in [-0.4, -0.2) is 30.1 Å². The zero-order chi connectivity index (χ0) is 14.4. The van der Waals surface area contributed by atoms with Gasteiger partial charge in [0.05, 0.1) is 5.69 Å². The fraction of sp³-hybridized carbons (Fsp3) is 0.385. The average Bonchev–Trinajstić information content (AvgIpc) is 2.34. The highest BCUT2D eigenvalue weighted by Crippen LogP contribution is 2.26. The van der Waals surface area contributed by atoms with Crippen LogP contribution >= 0.6 is 0 Å². The first-order valence-electron chi connectivity index (χ1n) is 5.93. The molecule has 6 nitrogen and oxygen atoms in total. The summed E-state index contributed by atoms with van der Waals surface area (Å²) >= 11 is 0. The maximum atomic E-state index is 11.5. The first-order chi connectivity index (χ1) is 8.91. The zero-order valence-corrected chi connectivity index (χ0v) is 11.0. The van der Waals surface area contributed by atoms with Crippen LogP contribution in [-0.2, 0) is 4.79 Å². The van der Waals surface area contributed by atoms with Gasteiger partial charge in [-0.05, 0) is 18.1 Å². The molecule has 1 amide bonds. The lowest BCUT2D eigenvalue weighted by molar-refractivity contribution is -0.123. The summed E-state index contributed by atoms with van der Waals surface area (Å²) in [5.41, 5.74) is 5.78. The molecule has 0 saturated carbocycles. The Morgan fingerprint density at radius 1 is 1.42 bits per heavy atom. The number of benzene rings is 1. The number of hydrogen-bond acceptors (Lipinski definition) is 4. The van der Waals surface area contributed by atoms with Crippen molar-refractivity contribution in [2.24, 2.45) is 5.92 Å². The maximum absolute atomic E-state index is 11.5. The van der Waals surface area contributed by atoms with E-state index in [-0.39, 0.29) is 29.5 Å². The molecule has 6 heteroatoms. The SMILES string of the molecule is CC(C)CNC(=O)COc1c(N)cccc1C(=O)O. The summed E-state index contributed by atoms with van der Waals surface area (Å²) in [5, 5.41) is 11.7. The molecule has 0 fully saturated rings. The Labute approximate surface area is 111 Å². The Balaban J connectivity index is 2.67. The van der Waals surface area contributed by atoms with E-state index in [1.165, 1.54) is 18.2 Å². The molecule has 19 heavy (non-hydrogen) atoms. The number of amides is 1. The average molecular weight is 266 g/mol. The zero-order valence-electron chi connectivity index (χ0n) is 11.0. The number of hydrogen-bond donors (Lipinski definition) is 3. The molecular weight excluding hydrogens is 248 g/mol. The predicted molar refractivity (Wildman–Crippen MR) is 71.2 cm³/mol. The van der Waals surface area contributed by atoms with Crippen LogP contribution in [0.15, 0.2) is 18.2 Å². The molecular formula is C13H18N2O4. The molecule has 0 unspecified atom stereocenters. The van der Waals surface area contributed by atoms with Crippen molar-refractivity contribution in [1.29, 1.82) is 0 Å². The van der Waals surface area contributed by atoms with Gasteiger partial charge in [-0.2, -0.15) is 0 Å². The highest BCUT2D eigenvalue weighted by Gasteiger charge is 2.15. The van der Waals surface area contributed by atoms with E-state index >= 15 is 0 Å². The third-order valence-electron chi connectivity index (χ3n) is 2.33. The van der Waals surface area contributed by atoms with E-state index in [2.05, 4.69) is 5.32 Å². The number of para-hydroxylation sites is 1. The van der Waals surface area contributed by atoms with Crippen molar-refractivity contribution < 1.29 is 19.4 Å². The first-order valence-corrected chi connectivity index (χ1v) is 5.93. The molecule has 1 aromatic rings. The van der Waals surface area contributed by atoms with Gasteiger partial charge in [0, 0.05) is 6.54 Å². The minimum atomic E-state index is -1.15. The molecule has 0 heterocycles. The van der Waals surface area contributed by atoms with Gasteiger partial charge in [-0.1, -0.05) is 19.9 Å². The molecule has 1 rings (SSSR count). The van der Waals surface area contributed by atoms with E-state index in [9.17, 15) is 9.59 Å². The van der Waals surface area contributed by atoms with E-state index in [4.69, 9.17) is 15.6 Å². The Bertz CT molecular complexity index is 472. The number of aromatic carboxylic acids is 1. The van der Waals surface area contributed by atoms with Gasteiger partial charge in [0.2, 0.25) is 0 Å². The van der Waals surface area contributed by atoms with Crippen LogP contribution in [0, 0.1) is 5.92 Å². The topological polar surface area (TPSA) is 102 Å². The Kier molecular flexibility index (Phi) is 5.17. The third kappa shape index (κ3) is 4.50. The fourth-order valence-corrected chi connectivity index (χ4v) is 1.39. The van der Waals surface area contributed by atoms with Crippen LogP contribution in [0.5, 0.6) is 5.75 Å².